The van der Waals surface area contributed by atoms with Gasteiger partial charge in [-0.2, -0.15) is 0 Å². The van der Waals surface area contributed by atoms with Gasteiger partial charge in [0.05, 0.1) is 0 Å². The number of hydrogen-bond donors (Lipinski definition) is 0. The topological polar surface area (TPSA) is 43.4 Å². The van der Waals surface area contributed by atoms with Crippen LogP contribution >= 0.6 is 0 Å². The van der Waals surface area contributed by atoms with E-state index in [1.54, 1.807) is 12.1 Å². The summed E-state index contributed by atoms with van der Waals surface area (Å²) in [6.45, 7) is 4.74. The van der Waals surface area contributed by atoms with Crippen LogP contribution in [0.4, 0.5) is 4.39 Å². The maximum atomic E-state index is 13.7. The number of halogens is 1. The van der Waals surface area contributed by atoms with Crippen LogP contribution in [0, 0.1) is 18.7 Å². The zero-order valence-electron chi connectivity index (χ0n) is 14.4. The smallest absolute Gasteiger partial charge is 0.144 e. The zero-order chi connectivity index (χ0) is 18.1. The van der Waals surface area contributed by atoms with E-state index in [1.165, 1.54) is 26.0 Å². The van der Waals surface area contributed by atoms with Gasteiger partial charge >= 0.3 is 0 Å². The molecule has 2 aromatic rings. The third kappa shape index (κ3) is 3.38. The number of benzene rings is 2. The monoisotopic (exact) mass is 338 g/mol. The minimum Gasteiger partial charge on any atom is -0.484 e. The first kappa shape index (κ1) is 17.1. The Kier molecular flexibility index (Phi) is 4.53. The maximum absolute atomic E-state index is 13.7. The minimum atomic E-state index is -0.918. The predicted octanol–water partition coefficient (Wildman–Crippen LogP) is 4.50. The summed E-state index contributed by atoms with van der Waals surface area (Å²) in [4.78, 5) is 24.1. The number of ketones is 2. The number of Topliss-reactive ketones (excluding diaryl/α,β-unsaturated/α-hetero) is 2. The predicted molar refractivity (Wildman–Crippen MR) is 94.1 cm³/mol. The van der Waals surface area contributed by atoms with Crippen molar-refractivity contribution >= 4 is 23.4 Å². The number of carbonyl (C=O) groups is 2. The second kappa shape index (κ2) is 6.63. The van der Waals surface area contributed by atoms with Gasteiger partial charge in [-0.15, -0.1) is 0 Å². The lowest BCUT2D eigenvalue weighted by Gasteiger charge is -2.31. The summed E-state index contributed by atoms with van der Waals surface area (Å²) in [6, 6.07) is 12.0. The summed E-state index contributed by atoms with van der Waals surface area (Å²) >= 11 is 0. The van der Waals surface area contributed by atoms with E-state index in [0.29, 0.717) is 16.9 Å². The first-order valence-corrected chi connectivity index (χ1v) is 8.12. The molecule has 128 valence electrons. The van der Waals surface area contributed by atoms with Crippen LogP contribution in [-0.4, -0.2) is 11.6 Å². The van der Waals surface area contributed by atoms with Gasteiger partial charge in [0.1, 0.15) is 35.2 Å². The van der Waals surface area contributed by atoms with Gasteiger partial charge in [0.25, 0.3) is 0 Å². The van der Waals surface area contributed by atoms with Crippen LogP contribution in [0.3, 0.4) is 0 Å². The summed E-state index contributed by atoms with van der Waals surface area (Å²) in [5.41, 5.74) is 3.19. The molecular formula is C21H19FO3. The van der Waals surface area contributed by atoms with E-state index < -0.39 is 12.0 Å². The molecule has 0 fully saturated rings. The van der Waals surface area contributed by atoms with Gasteiger partial charge in [-0.05, 0) is 44.5 Å². The molecule has 1 aliphatic rings. The second-order valence-electron chi connectivity index (χ2n) is 6.39. The number of ether oxygens (including phenoxy) is 1. The highest BCUT2D eigenvalue weighted by atomic mass is 19.1. The molecule has 0 radical (unpaired) electrons. The summed E-state index contributed by atoms with van der Waals surface area (Å²) < 4.78 is 19.8. The van der Waals surface area contributed by atoms with Crippen molar-refractivity contribution in [1.29, 1.82) is 0 Å². The van der Waals surface area contributed by atoms with E-state index >= 15 is 0 Å². The van der Waals surface area contributed by atoms with Gasteiger partial charge in [-0.1, -0.05) is 35.9 Å². The zero-order valence-corrected chi connectivity index (χ0v) is 14.4. The summed E-state index contributed by atoms with van der Waals surface area (Å²) in [5, 5.41) is 0. The summed E-state index contributed by atoms with van der Waals surface area (Å²) in [7, 11) is 0. The van der Waals surface area contributed by atoms with Crippen molar-refractivity contribution in [2.45, 2.75) is 26.9 Å². The highest BCUT2D eigenvalue weighted by molar-refractivity contribution is 6.01. The molecule has 2 aromatic carbocycles. The molecule has 0 N–H and O–H groups in total. The Morgan fingerprint density at radius 1 is 1.04 bits per heavy atom. The van der Waals surface area contributed by atoms with Crippen molar-refractivity contribution in [2.75, 3.05) is 0 Å². The van der Waals surface area contributed by atoms with Gasteiger partial charge in [0.15, 0.2) is 0 Å². The molecule has 0 aromatic heterocycles. The van der Waals surface area contributed by atoms with Crippen molar-refractivity contribution in [2.24, 2.45) is 5.92 Å². The van der Waals surface area contributed by atoms with Crippen molar-refractivity contribution < 1.29 is 18.7 Å². The Hall–Kier alpha value is -2.75. The Morgan fingerprint density at radius 3 is 2.28 bits per heavy atom. The molecule has 25 heavy (non-hydrogen) atoms. The van der Waals surface area contributed by atoms with Crippen molar-refractivity contribution in [3.63, 3.8) is 0 Å². The minimum absolute atomic E-state index is 0.266. The average molecular weight is 338 g/mol. The van der Waals surface area contributed by atoms with Crippen molar-refractivity contribution in [3.8, 4) is 0 Å². The quantitative estimate of drug-likeness (QED) is 0.771. The van der Waals surface area contributed by atoms with Gasteiger partial charge in [-0.25, -0.2) is 4.39 Å². The van der Waals surface area contributed by atoms with E-state index in [-0.39, 0.29) is 17.4 Å². The number of rotatable bonds is 4. The molecule has 1 aliphatic heterocycles. The molecule has 0 spiro atoms. The average Bonchev–Trinajstić information content (AvgIpc) is 2.54. The normalized spacial score (nSPS) is 16.0. The van der Waals surface area contributed by atoms with Gasteiger partial charge in [0.2, 0.25) is 0 Å². The van der Waals surface area contributed by atoms with Gasteiger partial charge in [-0.3, -0.25) is 9.59 Å². The first-order valence-electron chi connectivity index (χ1n) is 8.12. The van der Waals surface area contributed by atoms with E-state index in [9.17, 15) is 14.0 Å². The fraction of sp³-hybridized carbons (Fsp3) is 0.238. The van der Waals surface area contributed by atoms with E-state index in [2.05, 4.69) is 0 Å². The Morgan fingerprint density at radius 2 is 1.68 bits per heavy atom. The largest absolute Gasteiger partial charge is 0.484 e. The van der Waals surface area contributed by atoms with Gasteiger partial charge in [0, 0.05) is 11.1 Å². The molecule has 1 heterocycles. The molecule has 0 amide bonds. The standard InChI is InChI=1S/C21H19FO3/c1-12-4-6-15(7-5-12)19-11-16-10-17(22)8-9-18(16)21(25-19)20(13(2)23)14(3)24/h4-11,20-21H,1-3H3/t21-/m1/s1. The molecule has 0 unspecified atom stereocenters. The molecule has 0 saturated carbocycles. The first-order chi connectivity index (χ1) is 11.9. The molecule has 4 heteroatoms. The van der Waals surface area contributed by atoms with Crippen LogP contribution in [0.5, 0.6) is 0 Å². The highest BCUT2D eigenvalue weighted by Crippen LogP contribution is 2.40. The lowest BCUT2D eigenvalue weighted by Crippen LogP contribution is -2.30. The van der Waals surface area contributed by atoms with Crippen LogP contribution in [-0.2, 0) is 14.3 Å². The van der Waals surface area contributed by atoms with Crippen LogP contribution in [0.25, 0.3) is 11.8 Å². The molecule has 0 saturated heterocycles. The molecule has 0 aliphatic carbocycles. The highest BCUT2D eigenvalue weighted by Gasteiger charge is 2.36. The van der Waals surface area contributed by atoms with Crippen LogP contribution in [0.2, 0.25) is 0 Å². The van der Waals surface area contributed by atoms with Crippen molar-refractivity contribution in [3.05, 3.63) is 70.5 Å². The van der Waals surface area contributed by atoms with E-state index in [1.807, 2.05) is 31.2 Å². The summed E-state index contributed by atoms with van der Waals surface area (Å²) in [6.07, 6.45) is 0.989. The van der Waals surface area contributed by atoms with Gasteiger partial charge < -0.3 is 4.74 Å². The number of carbonyl (C=O) groups excluding carboxylic acids is 2. The number of fused-ring (bicyclic) bond motifs is 1. The summed E-state index contributed by atoms with van der Waals surface area (Å²) in [5.74, 6) is -1.30. The van der Waals surface area contributed by atoms with Crippen LogP contribution in [0.15, 0.2) is 42.5 Å². The third-order valence-corrected chi connectivity index (χ3v) is 4.41. The van der Waals surface area contributed by atoms with E-state index in [4.69, 9.17) is 4.74 Å². The van der Waals surface area contributed by atoms with Crippen LogP contribution in [0.1, 0.15) is 42.2 Å². The SMILES string of the molecule is CC(=O)C(C(C)=O)[C@@H]1OC(c2ccc(C)cc2)=Cc2cc(F)ccc21. The fourth-order valence-corrected chi connectivity index (χ4v) is 3.13. The molecule has 3 rings (SSSR count). The van der Waals surface area contributed by atoms with Crippen LogP contribution < -0.4 is 0 Å². The maximum Gasteiger partial charge on any atom is 0.144 e. The number of aryl methyl sites for hydroxylation is 1. The molecule has 1 atom stereocenters. The third-order valence-electron chi connectivity index (χ3n) is 4.41. The number of hydrogen-bond acceptors (Lipinski definition) is 3. The Labute approximate surface area is 146 Å². The molecule has 0 bridgehead atoms. The van der Waals surface area contributed by atoms with E-state index in [0.717, 1.165) is 11.1 Å². The second-order valence-corrected chi connectivity index (χ2v) is 6.39. The lowest BCUT2D eigenvalue weighted by atomic mass is 9.85. The Bertz CT molecular complexity index is 851. The van der Waals surface area contributed by atoms with Crippen molar-refractivity contribution in [1.82, 2.24) is 0 Å². The fourth-order valence-electron chi connectivity index (χ4n) is 3.13. The molecular weight excluding hydrogens is 319 g/mol. The Balaban J connectivity index is 2.13. The lowest BCUT2D eigenvalue weighted by molar-refractivity contribution is -0.135. The molecule has 3 nitrogen and oxygen atoms in total.